The molecule has 1 aromatic rings. The van der Waals surface area contributed by atoms with Gasteiger partial charge in [-0.25, -0.2) is 9.78 Å². The van der Waals surface area contributed by atoms with Crippen molar-refractivity contribution in [3.05, 3.63) is 75.0 Å². The summed E-state index contributed by atoms with van der Waals surface area (Å²) in [6.07, 6.45) is 1.58. The summed E-state index contributed by atoms with van der Waals surface area (Å²) in [6, 6.07) is 3.25. The van der Waals surface area contributed by atoms with Gasteiger partial charge >= 0.3 is 5.97 Å². The van der Waals surface area contributed by atoms with E-state index >= 15 is 0 Å². The van der Waals surface area contributed by atoms with Crippen molar-refractivity contribution in [3.8, 4) is 6.07 Å². The van der Waals surface area contributed by atoms with Gasteiger partial charge in [0.1, 0.15) is 18.3 Å². The minimum Gasteiger partial charge on any atom is -0.492 e. The molecule has 1 saturated heterocycles. The zero-order valence-corrected chi connectivity index (χ0v) is 24.9. The molecule has 3 aliphatic heterocycles. The highest BCUT2D eigenvalue weighted by Crippen LogP contribution is 2.49. The number of hydrogen-bond acceptors (Lipinski definition) is 12. The van der Waals surface area contributed by atoms with Crippen molar-refractivity contribution in [2.45, 2.75) is 56.9 Å². The Balaban J connectivity index is 1.51. The number of methoxy groups -OCH3 is 2. The number of fused-ring (bicyclic) bond motifs is 5. The van der Waals surface area contributed by atoms with E-state index in [0.717, 1.165) is 0 Å². The lowest BCUT2D eigenvalue weighted by Gasteiger charge is -2.60. The molecule has 0 amide bonds. The minimum absolute atomic E-state index is 0.0160. The first kappa shape index (κ1) is 29.3. The quantitative estimate of drug-likeness (QED) is 0.355. The Bertz CT molecular complexity index is 1710. The molecule has 12 nitrogen and oxygen atoms in total. The lowest BCUT2D eigenvalue weighted by Crippen LogP contribution is -2.74. The number of Topliss-reactive ketones (excluding diaryl/α,β-unsaturated/α-hetero) is 4. The highest BCUT2D eigenvalue weighted by molar-refractivity contribution is 6.26. The molecule has 0 radical (unpaired) electrons. The number of carbonyl (C=O) groups excluding carboxylic acids is 5. The SMILES string of the molecule is COC1=C(C)C(=O)C2=C(C1=O)[C@H]1[C@@H]3CC4=C(C(=O)C(OC)=C(C)C4=O)[C@H](COC(=O)c4ccccn4)N3[C@@H](C#N)[C@@H](C2)N1C. The van der Waals surface area contributed by atoms with Gasteiger partial charge in [-0.15, -0.1) is 0 Å². The van der Waals surface area contributed by atoms with Crippen molar-refractivity contribution in [1.29, 1.82) is 5.26 Å². The van der Waals surface area contributed by atoms with Gasteiger partial charge in [-0.1, -0.05) is 6.07 Å². The van der Waals surface area contributed by atoms with Crippen LogP contribution in [0.2, 0.25) is 0 Å². The van der Waals surface area contributed by atoms with Crippen molar-refractivity contribution in [1.82, 2.24) is 14.8 Å². The highest BCUT2D eigenvalue weighted by atomic mass is 16.5. The lowest BCUT2D eigenvalue weighted by molar-refractivity contribution is -0.126. The summed E-state index contributed by atoms with van der Waals surface area (Å²) in [7, 11) is 4.43. The summed E-state index contributed by atoms with van der Waals surface area (Å²) in [5, 5.41) is 10.6. The summed E-state index contributed by atoms with van der Waals surface area (Å²) in [6.45, 7) is 2.68. The van der Waals surface area contributed by atoms with Crippen LogP contribution < -0.4 is 0 Å². The van der Waals surface area contributed by atoms with Crippen LogP contribution >= 0.6 is 0 Å². The monoisotopic (exact) mass is 598 g/mol. The van der Waals surface area contributed by atoms with Crippen LogP contribution in [0.3, 0.4) is 0 Å². The van der Waals surface area contributed by atoms with E-state index in [1.165, 1.54) is 33.4 Å². The number of ketones is 4. The predicted octanol–water partition coefficient (Wildman–Crippen LogP) is 1.40. The fourth-order valence-corrected chi connectivity index (χ4v) is 7.49. The maximum Gasteiger partial charge on any atom is 0.356 e. The van der Waals surface area contributed by atoms with E-state index < -0.39 is 53.5 Å². The van der Waals surface area contributed by atoms with Crippen molar-refractivity contribution < 1.29 is 38.2 Å². The first-order valence-corrected chi connectivity index (χ1v) is 14.2. The number of nitrogens with zero attached hydrogens (tertiary/aromatic N) is 4. The molecule has 0 aromatic carbocycles. The molecular weight excluding hydrogens is 568 g/mol. The summed E-state index contributed by atoms with van der Waals surface area (Å²) in [4.78, 5) is 75.8. The molecule has 1 fully saturated rings. The first-order chi connectivity index (χ1) is 21.1. The number of carbonyl (C=O) groups is 5. The average Bonchev–Trinajstić information content (AvgIpc) is 3.02. The van der Waals surface area contributed by atoms with E-state index in [9.17, 15) is 29.2 Å². The van der Waals surface area contributed by atoms with Gasteiger partial charge in [0.05, 0.1) is 32.4 Å². The molecule has 4 heterocycles. The third kappa shape index (κ3) is 4.03. The van der Waals surface area contributed by atoms with Crippen LogP contribution in [0.25, 0.3) is 0 Å². The van der Waals surface area contributed by atoms with Crippen LogP contribution in [0, 0.1) is 11.3 Å². The number of piperazine rings is 1. The molecule has 1 aromatic heterocycles. The van der Waals surface area contributed by atoms with Crippen molar-refractivity contribution in [3.63, 3.8) is 0 Å². The van der Waals surface area contributed by atoms with Gasteiger partial charge in [-0.05, 0) is 45.9 Å². The molecule has 6 rings (SSSR count). The number of aromatic nitrogens is 1. The Morgan fingerprint density at radius 1 is 0.932 bits per heavy atom. The summed E-state index contributed by atoms with van der Waals surface area (Å²) < 4.78 is 16.4. The Labute approximate surface area is 253 Å². The number of hydrogen-bond donors (Lipinski definition) is 0. The fourth-order valence-electron chi connectivity index (χ4n) is 7.49. The van der Waals surface area contributed by atoms with E-state index in [1.54, 1.807) is 31.0 Å². The number of pyridine rings is 1. The molecule has 0 saturated carbocycles. The van der Waals surface area contributed by atoms with E-state index in [2.05, 4.69) is 11.1 Å². The van der Waals surface area contributed by atoms with Gasteiger partial charge in [0.25, 0.3) is 0 Å². The van der Waals surface area contributed by atoms with Crippen LogP contribution in [0.5, 0.6) is 0 Å². The molecule has 12 heteroatoms. The lowest BCUT2D eigenvalue weighted by atomic mass is 9.67. The third-order valence-electron chi connectivity index (χ3n) is 9.46. The molecule has 226 valence electrons. The zero-order chi connectivity index (χ0) is 31.6. The Kier molecular flexibility index (Phi) is 7.18. The number of ether oxygens (including phenoxy) is 3. The van der Waals surface area contributed by atoms with Gasteiger partial charge in [0, 0.05) is 51.7 Å². The van der Waals surface area contributed by atoms with Gasteiger partial charge < -0.3 is 14.2 Å². The minimum atomic E-state index is -1.02. The van der Waals surface area contributed by atoms with Gasteiger partial charge in [0.15, 0.2) is 23.1 Å². The van der Waals surface area contributed by atoms with Gasteiger partial charge in [-0.2, -0.15) is 5.26 Å². The third-order valence-corrected chi connectivity index (χ3v) is 9.46. The number of esters is 1. The van der Waals surface area contributed by atoms with Crippen LogP contribution in [0.15, 0.2) is 69.4 Å². The standard InChI is InChI=1S/C32H30N4O8/c1-14-26(37)16-11-20-25-24-17(27(38)15(2)31(43-5)29(24)40)10-19(35(25)3)21(12-33)36(20)22(23(16)28(39)30(14)42-4)13-44-32(41)18-8-6-7-9-34-18/h6-9,19-22,25H,10-11,13H2,1-5H3/t19-,20+,21+,22+,25-/m1/s1. The van der Waals surface area contributed by atoms with Gasteiger partial charge in [0.2, 0.25) is 11.6 Å². The van der Waals surface area contributed by atoms with E-state index in [4.69, 9.17) is 14.2 Å². The molecule has 2 bridgehead atoms. The Morgan fingerprint density at radius 2 is 1.52 bits per heavy atom. The molecule has 5 atom stereocenters. The molecule has 0 N–H and O–H groups in total. The summed E-state index contributed by atoms with van der Waals surface area (Å²) >= 11 is 0. The normalized spacial score (nSPS) is 28.9. The Hall–Kier alpha value is -4.73. The maximum absolute atomic E-state index is 13.9. The van der Waals surface area contributed by atoms with E-state index in [-0.39, 0.29) is 70.3 Å². The molecule has 0 unspecified atom stereocenters. The fraction of sp³-hybridized carbons (Fsp3) is 0.406. The van der Waals surface area contributed by atoms with Crippen molar-refractivity contribution >= 4 is 29.1 Å². The molecule has 2 aliphatic carbocycles. The van der Waals surface area contributed by atoms with Gasteiger partial charge in [-0.3, -0.25) is 29.0 Å². The largest absolute Gasteiger partial charge is 0.492 e. The second kappa shape index (κ2) is 10.8. The smallest absolute Gasteiger partial charge is 0.356 e. The molecular formula is C32H30N4O8. The maximum atomic E-state index is 13.9. The summed E-state index contributed by atoms with van der Waals surface area (Å²) in [5.74, 6) is -2.56. The topological polar surface area (TPSA) is 156 Å². The van der Waals surface area contributed by atoms with Crippen molar-refractivity contribution in [2.24, 2.45) is 0 Å². The molecule has 5 aliphatic rings. The number of likely N-dealkylation sites (N-methyl/N-ethyl adjacent to an activating group) is 1. The van der Waals surface area contributed by atoms with Crippen LogP contribution in [0.1, 0.15) is 37.2 Å². The first-order valence-electron chi connectivity index (χ1n) is 14.2. The number of nitriles is 1. The Morgan fingerprint density at radius 3 is 2.09 bits per heavy atom. The van der Waals surface area contributed by atoms with Crippen molar-refractivity contribution in [2.75, 3.05) is 27.9 Å². The summed E-state index contributed by atoms with van der Waals surface area (Å²) in [5.41, 5.74) is 1.30. The average molecular weight is 599 g/mol. The van der Waals surface area contributed by atoms with Crippen LogP contribution in [-0.2, 0) is 33.4 Å². The van der Waals surface area contributed by atoms with E-state index in [1.807, 2.05) is 4.90 Å². The predicted molar refractivity (Wildman–Crippen MR) is 151 cm³/mol. The molecule has 0 spiro atoms. The zero-order valence-electron chi connectivity index (χ0n) is 24.9. The second-order valence-corrected chi connectivity index (χ2v) is 11.4. The van der Waals surface area contributed by atoms with Crippen LogP contribution in [-0.4, -0.2) is 102 Å². The second-order valence-electron chi connectivity index (χ2n) is 11.4. The number of allylic oxidation sites excluding steroid dienone is 4. The van der Waals surface area contributed by atoms with Crippen LogP contribution in [0.4, 0.5) is 0 Å². The molecule has 44 heavy (non-hydrogen) atoms. The number of rotatable bonds is 5. The highest BCUT2D eigenvalue weighted by Gasteiger charge is 2.60. The van der Waals surface area contributed by atoms with E-state index in [0.29, 0.717) is 5.57 Å².